The van der Waals surface area contributed by atoms with Gasteiger partial charge in [-0.25, -0.2) is 4.98 Å². The summed E-state index contributed by atoms with van der Waals surface area (Å²) in [6, 6.07) is 6.15. The van der Waals surface area contributed by atoms with Crippen LogP contribution in [0.1, 0.15) is 24.2 Å². The zero-order valence-corrected chi connectivity index (χ0v) is 15.0. The average molecular weight is 388 g/mol. The molecule has 1 aromatic carbocycles. The van der Waals surface area contributed by atoms with E-state index in [2.05, 4.69) is 20.9 Å². The number of ether oxygens (including phenoxy) is 1. The third-order valence-corrected chi connectivity index (χ3v) is 4.93. The van der Waals surface area contributed by atoms with Crippen LogP contribution in [-0.4, -0.2) is 33.0 Å². The Morgan fingerprint density at radius 1 is 1.46 bits per heavy atom. The SMILES string of the molecule is Cn1ccnc1CN(C(=O)C1=Cc2cc(Br)ccc2OC1)C1CC1. The molecule has 1 aromatic heterocycles. The summed E-state index contributed by atoms with van der Waals surface area (Å²) in [7, 11) is 1.95. The smallest absolute Gasteiger partial charge is 0.253 e. The van der Waals surface area contributed by atoms with Gasteiger partial charge in [-0.3, -0.25) is 4.79 Å². The molecule has 0 unspecified atom stereocenters. The highest BCUT2D eigenvalue weighted by atomic mass is 79.9. The molecule has 124 valence electrons. The van der Waals surface area contributed by atoms with Crippen molar-refractivity contribution in [3.05, 3.63) is 52.0 Å². The Kier molecular flexibility index (Phi) is 3.92. The Morgan fingerprint density at radius 2 is 2.29 bits per heavy atom. The Balaban J connectivity index is 1.60. The van der Waals surface area contributed by atoms with Crippen molar-refractivity contribution in [2.45, 2.75) is 25.4 Å². The molecule has 1 aliphatic carbocycles. The summed E-state index contributed by atoms with van der Waals surface area (Å²) >= 11 is 3.47. The van der Waals surface area contributed by atoms with Crippen LogP contribution in [0.3, 0.4) is 0 Å². The molecule has 2 heterocycles. The largest absolute Gasteiger partial charge is 0.488 e. The lowest BCUT2D eigenvalue weighted by Crippen LogP contribution is -2.36. The number of hydrogen-bond donors (Lipinski definition) is 0. The lowest BCUT2D eigenvalue weighted by atomic mass is 10.1. The minimum Gasteiger partial charge on any atom is -0.488 e. The van der Waals surface area contributed by atoms with E-state index in [4.69, 9.17) is 4.74 Å². The van der Waals surface area contributed by atoms with Crippen LogP contribution in [0.5, 0.6) is 5.75 Å². The van der Waals surface area contributed by atoms with E-state index in [1.807, 2.05) is 47.0 Å². The number of halogens is 1. The number of benzene rings is 1. The van der Waals surface area contributed by atoms with Gasteiger partial charge in [-0.1, -0.05) is 15.9 Å². The number of amides is 1. The van der Waals surface area contributed by atoms with Crippen LogP contribution in [-0.2, 0) is 18.4 Å². The van der Waals surface area contributed by atoms with Gasteiger partial charge in [-0.2, -0.15) is 0 Å². The second-order valence-electron chi connectivity index (χ2n) is 6.26. The van der Waals surface area contributed by atoms with Crippen molar-refractivity contribution in [1.82, 2.24) is 14.5 Å². The third kappa shape index (κ3) is 2.98. The average Bonchev–Trinajstić information content (AvgIpc) is 3.34. The number of aryl methyl sites for hydroxylation is 1. The summed E-state index contributed by atoms with van der Waals surface area (Å²) in [4.78, 5) is 19.3. The van der Waals surface area contributed by atoms with Crippen LogP contribution < -0.4 is 4.74 Å². The normalized spacial score (nSPS) is 16.2. The van der Waals surface area contributed by atoms with Gasteiger partial charge in [-0.05, 0) is 37.1 Å². The number of carbonyl (C=O) groups excluding carboxylic acids is 1. The van der Waals surface area contributed by atoms with Gasteiger partial charge in [0, 0.05) is 35.5 Å². The summed E-state index contributed by atoms with van der Waals surface area (Å²) in [5, 5.41) is 0. The van der Waals surface area contributed by atoms with Gasteiger partial charge in [0.25, 0.3) is 5.91 Å². The zero-order chi connectivity index (χ0) is 16.7. The highest BCUT2D eigenvalue weighted by Gasteiger charge is 2.35. The third-order valence-electron chi connectivity index (χ3n) is 4.44. The van der Waals surface area contributed by atoms with Crippen molar-refractivity contribution in [2.75, 3.05) is 6.61 Å². The van der Waals surface area contributed by atoms with Gasteiger partial charge in [0.2, 0.25) is 0 Å². The number of nitrogens with zero attached hydrogens (tertiary/aromatic N) is 3. The molecule has 24 heavy (non-hydrogen) atoms. The standard InChI is InChI=1S/C18H18BrN3O2/c1-21-7-6-20-17(21)10-22(15-3-4-15)18(23)13-8-12-9-14(19)2-5-16(12)24-11-13/h2,5-9,15H,3-4,10-11H2,1H3. The van der Waals surface area contributed by atoms with Gasteiger partial charge in [-0.15, -0.1) is 0 Å². The van der Waals surface area contributed by atoms with Gasteiger partial charge in [0.1, 0.15) is 18.2 Å². The maximum Gasteiger partial charge on any atom is 0.253 e. The van der Waals surface area contributed by atoms with Crippen molar-refractivity contribution in [3.63, 3.8) is 0 Å². The van der Waals surface area contributed by atoms with Crippen LogP contribution >= 0.6 is 15.9 Å². The van der Waals surface area contributed by atoms with E-state index in [0.717, 1.165) is 34.5 Å². The molecule has 1 amide bonds. The van der Waals surface area contributed by atoms with Crippen LogP contribution in [0.4, 0.5) is 0 Å². The first-order valence-electron chi connectivity index (χ1n) is 8.02. The number of aromatic nitrogens is 2. The second kappa shape index (κ2) is 6.09. The Bertz CT molecular complexity index is 823. The molecule has 1 fully saturated rings. The molecule has 2 aromatic rings. The highest BCUT2D eigenvalue weighted by Crippen LogP contribution is 2.33. The van der Waals surface area contributed by atoms with Crippen molar-refractivity contribution < 1.29 is 9.53 Å². The van der Waals surface area contributed by atoms with E-state index < -0.39 is 0 Å². The van der Waals surface area contributed by atoms with E-state index in [0.29, 0.717) is 24.8 Å². The molecular weight excluding hydrogens is 370 g/mol. The number of imidazole rings is 1. The number of fused-ring (bicyclic) bond motifs is 1. The van der Waals surface area contributed by atoms with Gasteiger partial charge < -0.3 is 14.2 Å². The monoisotopic (exact) mass is 387 g/mol. The first-order valence-corrected chi connectivity index (χ1v) is 8.81. The lowest BCUT2D eigenvalue weighted by Gasteiger charge is -2.25. The van der Waals surface area contributed by atoms with E-state index in [1.54, 1.807) is 6.20 Å². The van der Waals surface area contributed by atoms with E-state index in [1.165, 1.54) is 0 Å². The summed E-state index contributed by atoms with van der Waals surface area (Å²) in [5.74, 6) is 1.76. The Labute approximate surface area is 149 Å². The zero-order valence-electron chi connectivity index (χ0n) is 13.4. The Hall–Kier alpha value is -2.08. The van der Waals surface area contributed by atoms with E-state index in [-0.39, 0.29) is 5.91 Å². The molecular formula is C18H18BrN3O2. The molecule has 4 rings (SSSR count). The maximum atomic E-state index is 13.0. The fourth-order valence-electron chi connectivity index (χ4n) is 2.91. The number of rotatable bonds is 4. The van der Waals surface area contributed by atoms with Crippen molar-refractivity contribution in [2.24, 2.45) is 7.05 Å². The predicted molar refractivity (Wildman–Crippen MR) is 94.4 cm³/mol. The summed E-state index contributed by atoms with van der Waals surface area (Å²) in [6.45, 7) is 0.854. The minimum absolute atomic E-state index is 0.0473. The number of carbonyl (C=O) groups is 1. The van der Waals surface area contributed by atoms with Crippen LogP contribution in [0.25, 0.3) is 6.08 Å². The summed E-state index contributed by atoms with van der Waals surface area (Å²) in [6.07, 6.45) is 7.74. The van der Waals surface area contributed by atoms with Crippen molar-refractivity contribution in [3.8, 4) is 5.75 Å². The topological polar surface area (TPSA) is 47.4 Å². The molecule has 0 saturated heterocycles. The molecule has 0 bridgehead atoms. The van der Waals surface area contributed by atoms with Gasteiger partial charge in [0.05, 0.1) is 12.1 Å². The van der Waals surface area contributed by atoms with Crippen LogP contribution in [0.2, 0.25) is 0 Å². The van der Waals surface area contributed by atoms with Crippen molar-refractivity contribution in [1.29, 1.82) is 0 Å². The van der Waals surface area contributed by atoms with E-state index >= 15 is 0 Å². The molecule has 5 nitrogen and oxygen atoms in total. The molecule has 0 atom stereocenters. The van der Waals surface area contributed by atoms with Crippen LogP contribution in [0.15, 0.2) is 40.6 Å². The summed E-state index contributed by atoms with van der Waals surface area (Å²) in [5.41, 5.74) is 1.63. The predicted octanol–water partition coefficient (Wildman–Crippen LogP) is 3.15. The van der Waals surface area contributed by atoms with Gasteiger partial charge in [0.15, 0.2) is 0 Å². The molecule has 1 saturated carbocycles. The first kappa shape index (κ1) is 15.4. The molecule has 0 radical (unpaired) electrons. The molecule has 0 N–H and O–H groups in total. The summed E-state index contributed by atoms with van der Waals surface area (Å²) < 4.78 is 8.70. The molecule has 0 spiro atoms. The fourth-order valence-corrected chi connectivity index (χ4v) is 3.29. The Morgan fingerprint density at radius 3 is 3.00 bits per heavy atom. The second-order valence-corrected chi connectivity index (χ2v) is 7.17. The molecule has 2 aliphatic rings. The van der Waals surface area contributed by atoms with E-state index in [9.17, 15) is 4.79 Å². The maximum absolute atomic E-state index is 13.0. The minimum atomic E-state index is 0.0473. The lowest BCUT2D eigenvalue weighted by molar-refractivity contribution is -0.128. The molecule has 6 heteroatoms. The van der Waals surface area contributed by atoms with Crippen LogP contribution in [0, 0.1) is 0 Å². The first-order chi connectivity index (χ1) is 11.6. The quantitative estimate of drug-likeness (QED) is 0.809. The van der Waals surface area contributed by atoms with Crippen molar-refractivity contribution >= 4 is 27.9 Å². The highest BCUT2D eigenvalue weighted by molar-refractivity contribution is 9.10. The fraction of sp³-hybridized carbons (Fsp3) is 0.333. The van der Waals surface area contributed by atoms with Gasteiger partial charge >= 0.3 is 0 Å². The number of hydrogen-bond acceptors (Lipinski definition) is 3. The molecule has 1 aliphatic heterocycles.